The zero-order valence-corrected chi connectivity index (χ0v) is 46.2. The van der Waals surface area contributed by atoms with Crippen molar-refractivity contribution in [2.75, 3.05) is 52.4 Å². The molecule has 6 amide bonds. The van der Waals surface area contributed by atoms with Gasteiger partial charge in [-0.25, -0.2) is 0 Å². The van der Waals surface area contributed by atoms with Crippen molar-refractivity contribution in [3.05, 3.63) is 35.4 Å². The van der Waals surface area contributed by atoms with Crippen LogP contribution < -0.4 is 21.3 Å². The quantitative estimate of drug-likeness (QED) is 0.0478. The first-order valence-corrected chi connectivity index (χ1v) is 30.0. The summed E-state index contributed by atoms with van der Waals surface area (Å²) in [4.78, 5) is 86.2. The maximum Gasteiger partial charge on any atom is 0.253 e. The summed E-state index contributed by atoms with van der Waals surface area (Å²) in [7, 11) is 0. The van der Waals surface area contributed by atoms with E-state index in [-0.39, 0.29) is 61.6 Å². The molecular weight excluding hydrogens is 901 g/mol. The first-order chi connectivity index (χ1) is 35.2. The van der Waals surface area contributed by atoms with Crippen molar-refractivity contribution in [1.82, 2.24) is 31.1 Å². The number of likely N-dealkylation sites (tertiary alicyclic amines) is 2. The highest BCUT2D eigenvalue weighted by Gasteiger charge is 2.45. The highest BCUT2D eigenvalue weighted by molar-refractivity contribution is 6.00. The van der Waals surface area contributed by atoms with Gasteiger partial charge in [-0.1, -0.05) is 207 Å². The van der Waals surface area contributed by atoms with Crippen molar-refractivity contribution in [2.24, 2.45) is 23.7 Å². The van der Waals surface area contributed by atoms with E-state index in [9.17, 15) is 28.8 Å². The molecule has 2 fully saturated rings. The monoisotopic (exact) mass is 1000 g/mol. The van der Waals surface area contributed by atoms with Crippen LogP contribution in [0.5, 0.6) is 0 Å². The molecule has 0 saturated carbocycles. The van der Waals surface area contributed by atoms with Gasteiger partial charge in [0.2, 0.25) is 23.6 Å². The number of benzene rings is 1. The molecular formula is C60H104N6O6. The molecule has 12 heteroatoms. The van der Waals surface area contributed by atoms with Gasteiger partial charge in [-0.3, -0.25) is 28.8 Å². The third-order valence-corrected chi connectivity index (χ3v) is 15.3. The summed E-state index contributed by atoms with van der Waals surface area (Å²) in [5.41, 5.74) is 0.727. The largest absolute Gasteiger partial charge is 0.356 e. The fourth-order valence-electron chi connectivity index (χ4n) is 10.5. The Morgan fingerprint density at radius 3 is 0.694 bits per heavy atom. The van der Waals surface area contributed by atoms with Crippen LogP contribution in [0.1, 0.15) is 254 Å². The Kier molecular flexibility index (Phi) is 34.2. The van der Waals surface area contributed by atoms with Gasteiger partial charge < -0.3 is 31.1 Å². The Balaban J connectivity index is 1.62. The van der Waals surface area contributed by atoms with Crippen LogP contribution in [0.3, 0.4) is 0 Å². The molecule has 2 saturated heterocycles. The van der Waals surface area contributed by atoms with Crippen LogP contribution in [0.2, 0.25) is 0 Å². The van der Waals surface area contributed by atoms with Gasteiger partial charge in [0, 0.05) is 63.5 Å². The van der Waals surface area contributed by atoms with Crippen LogP contribution in [-0.4, -0.2) is 97.6 Å². The molecule has 0 unspecified atom stereocenters. The van der Waals surface area contributed by atoms with Crippen molar-refractivity contribution >= 4 is 35.4 Å². The van der Waals surface area contributed by atoms with E-state index in [0.717, 1.165) is 77.0 Å². The van der Waals surface area contributed by atoms with E-state index >= 15 is 0 Å². The molecule has 12 nitrogen and oxygen atoms in total. The Labute approximate surface area is 438 Å². The number of amides is 6. The van der Waals surface area contributed by atoms with Gasteiger partial charge in [-0.05, 0) is 49.9 Å². The number of hydrogen-bond acceptors (Lipinski definition) is 6. The van der Waals surface area contributed by atoms with Gasteiger partial charge in [0.25, 0.3) is 11.8 Å². The number of hydrogen-bond donors (Lipinski definition) is 4. The zero-order chi connectivity index (χ0) is 52.0. The zero-order valence-electron chi connectivity index (χ0n) is 46.2. The van der Waals surface area contributed by atoms with E-state index < -0.39 is 23.7 Å². The van der Waals surface area contributed by atoms with Crippen molar-refractivity contribution in [3.63, 3.8) is 0 Å². The summed E-state index contributed by atoms with van der Waals surface area (Å²) >= 11 is 0. The molecule has 2 aliphatic rings. The molecule has 72 heavy (non-hydrogen) atoms. The molecule has 410 valence electrons. The molecule has 1 aromatic carbocycles. The Morgan fingerprint density at radius 1 is 0.319 bits per heavy atom. The normalized spacial score (nSPS) is 17.6. The van der Waals surface area contributed by atoms with Crippen molar-refractivity contribution in [3.8, 4) is 0 Å². The first kappa shape index (κ1) is 62.3. The minimum atomic E-state index is -0.659. The Morgan fingerprint density at radius 2 is 0.500 bits per heavy atom. The van der Waals surface area contributed by atoms with Gasteiger partial charge in [0.1, 0.15) is 0 Å². The van der Waals surface area contributed by atoms with Crippen LogP contribution in [-0.2, 0) is 19.2 Å². The lowest BCUT2D eigenvalue weighted by Crippen LogP contribution is -2.42. The number of nitrogens with one attached hydrogen (secondary N) is 4. The molecule has 2 aliphatic heterocycles. The lowest BCUT2D eigenvalue weighted by molar-refractivity contribution is -0.132. The summed E-state index contributed by atoms with van der Waals surface area (Å²) < 4.78 is 0. The van der Waals surface area contributed by atoms with Crippen LogP contribution in [0, 0.1) is 23.7 Å². The number of nitrogens with zero attached hydrogens (tertiary/aromatic N) is 2. The van der Waals surface area contributed by atoms with Crippen LogP contribution in [0.25, 0.3) is 0 Å². The van der Waals surface area contributed by atoms with Crippen LogP contribution >= 0.6 is 0 Å². The molecule has 1 aromatic rings. The fourth-order valence-corrected chi connectivity index (χ4v) is 10.5. The average molecular weight is 1010 g/mol. The van der Waals surface area contributed by atoms with Crippen molar-refractivity contribution in [2.45, 2.75) is 233 Å². The summed E-state index contributed by atoms with van der Waals surface area (Å²) in [6.07, 6.45) is 37.2. The third kappa shape index (κ3) is 24.8. The molecule has 4 N–H and O–H groups in total. The second kappa shape index (κ2) is 39.5. The molecule has 2 heterocycles. The minimum absolute atomic E-state index is 0.136. The molecule has 0 spiro atoms. The highest BCUT2D eigenvalue weighted by Crippen LogP contribution is 2.29. The summed E-state index contributed by atoms with van der Waals surface area (Å²) in [5.74, 6) is -3.98. The number of carbonyl (C=O) groups excluding carboxylic acids is 6. The Hall–Kier alpha value is -3.96. The van der Waals surface area contributed by atoms with Crippen LogP contribution in [0.15, 0.2) is 24.3 Å². The van der Waals surface area contributed by atoms with E-state index in [1.807, 2.05) is 0 Å². The Bertz CT molecular complexity index is 1450. The SMILES string of the molecule is CCCCCCCCCCNC(=O)[C@@H]1CN(C(=O)c2ccc(C(=O)N3C[C@@H](C(=O)NCCCCCCCCCC)[C@H](C(=O)NCCCCCCCCCC)C3)cc2)C[C@H]1C(=O)NCCCCCCCCCC. The van der Waals surface area contributed by atoms with Gasteiger partial charge in [-0.15, -0.1) is 0 Å². The second-order valence-corrected chi connectivity index (χ2v) is 21.5. The van der Waals surface area contributed by atoms with Crippen molar-refractivity contribution in [1.29, 1.82) is 0 Å². The lowest BCUT2D eigenvalue weighted by atomic mass is 9.94. The van der Waals surface area contributed by atoms with E-state index in [2.05, 4.69) is 49.0 Å². The van der Waals surface area contributed by atoms with Crippen LogP contribution in [0.4, 0.5) is 0 Å². The van der Waals surface area contributed by atoms with Crippen molar-refractivity contribution < 1.29 is 28.8 Å². The topological polar surface area (TPSA) is 157 Å². The number of carbonyl (C=O) groups is 6. The summed E-state index contributed by atoms with van der Waals surface area (Å²) in [6.45, 7) is 11.6. The molecule has 0 aliphatic carbocycles. The standard InChI is InChI=1S/C60H104N6O6/c1-5-9-13-17-21-25-29-33-41-61-55(67)51-45-65(46-52(51)56(68)62-42-34-30-26-22-18-14-10-6-2)59(71)49-37-39-50(40-38-49)60(72)66-47-53(57(69)63-43-35-31-27-23-19-15-11-7-3)54(48-66)58(70)64-44-36-32-28-24-20-16-12-8-4/h37-40,51-54H,5-36,41-48H2,1-4H3,(H,61,67)(H,62,68)(H,63,69)(H,64,70)/t51-,52-,53-,54-/m1/s1. The lowest BCUT2D eigenvalue weighted by Gasteiger charge is -2.18. The molecule has 0 bridgehead atoms. The number of unbranched alkanes of at least 4 members (excludes halogenated alkanes) is 28. The van der Waals surface area contributed by atoms with E-state index in [0.29, 0.717) is 37.3 Å². The summed E-state index contributed by atoms with van der Waals surface area (Å²) in [6, 6.07) is 6.50. The van der Waals surface area contributed by atoms with E-state index in [1.165, 1.54) is 128 Å². The van der Waals surface area contributed by atoms with Gasteiger partial charge in [0.05, 0.1) is 23.7 Å². The van der Waals surface area contributed by atoms with Gasteiger partial charge >= 0.3 is 0 Å². The smallest absolute Gasteiger partial charge is 0.253 e. The van der Waals surface area contributed by atoms with E-state index in [1.54, 1.807) is 34.1 Å². The molecule has 0 radical (unpaired) electrons. The maximum atomic E-state index is 14.1. The average Bonchev–Trinajstić information content (AvgIpc) is 4.05. The number of rotatable bonds is 42. The van der Waals surface area contributed by atoms with E-state index in [4.69, 9.17) is 0 Å². The summed E-state index contributed by atoms with van der Waals surface area (Å²) in [5, 5.41) is 12.4. The predicted molar refractivity (Wildman–Crippen MR) is 295 cm³/mol. The molecule has 4 atom stereocenters. The molecule has 0 aromatic heterocycles. The maximum absolute atomic E-state index is 14.1. The minimum Gasteiger partial charge on any atom is -0.356 e. The fraction of sp³-hybridized carbons (Fsp3) is 0.800. The third-order valence-electron chi connectivity index (χ3n) is 15.3. The van der Waals surface area contributed by atoms with Gasteiger partial charge in [-0.2, -0.15) is 0 Å². The van der Waals surface area contributed by atoms with Gasteiger partial charge in [0.15, 0.2) is 0 Å². The second-order valence-electron chi connectivity index (χ2n) is 21.5. The highest BCUT2D eigenvalue weighted by atomic mass is 16.2. The molecule has 3 rings (SSSR count). The predicted octanol–water partition coefficient (Wildman–Crippen LogP) is 12.1. The first-order valence-electron chi connectivity index (χ1n) is 30.0.